The molecule has 3 saturated heterocycles. The maximum Gasteiger partial charge on any atom is 0.321 e. The SMILES string of the molecule is O=CON1C(=O)CCC(N2Cc3ccccc3C2C2(Cl)CCN(C3CC(OC4CCNCC4)C3)C(=O)C2)C1=O. The Bertz CT molecular complexity index is 1140. The lowest BCUT2D eigenvalue weighted by Crippen LogP contribution is -2.60. The van der Waals surface area contributed by atoms with E-state index in [0.29, 0.717) is 37.1 Å². The predicted octanol–water partition coefficient (Wildman–Crippen LogP) is 2.05. The van der Waals surface area contributed by atoms with Crippen LogP contribution < -0.4 is 5.32 Å². The molecule has 1 N–H and O–H groups in total. The zero-order valence-corrected chi connectivity index (χ0v) is 22.7. The molecule has 3 atom stereocenters. The summed E-state index contributed by atoms with van der Waals surface area (Å²) in [5.41, 5.74) is 2.04. The van der Waals surface area contributed by atoms with Crippen molar-refractivity contribution in [2.75, 3.05) is 19.6 Å². The van der Waals surface area contributed by atoms with Gasteiger partial charge in [0.25, 0.3) is 11.8 Å². The van der Waals surface area contributed by atoms with Gasteiger partial charge in [0, 0.05) is 32.0 Å². The van der Waals surface area contributed by atoms with Crippen molar-refractivity contribution in [3.05, 3.63) is 35.4 Å². The molecule has 0 bridgehead atoms. The number of benzene rings is 1. The smallest absolute Gasteiger partial charge is 0.321 e. The van der Waals surface area contributed by atoms with Crippen LogP contribution in [0.4, 0.5) is 0 Å². The summed E-state index contributed by atoms with van der Waals surface area (Å²) in [6, 6.07) is 7.00. The van der Waals surface area contributed by atoms with E-state index in [4.69, 9.17) is 21.2 Å². The summed E-state index contributed by atoms with van der Waals surface area (Å²) in [5.74, 6) is -1.08. The predicted molar refractivity (Wildman–Crippen MR) is 140 cm³/mol. The molecule has 39 heavy (non-hydrogen) atoms. The summed E-state index contributed by atoms with van der Waals surface area (Å²) >= 11 is 7.38. The van der Waals surface area contributed by atoms with Crippen LogP contribution in [0.3, 0.4) is 0 Å². The first-order valence-corrected chi connectivity index (χ1v) is 14.4. The molecule has 4 aliphatic heterocycles. The molecule has 3 unspecified atom stereocenters. The summed E-state index contributed by atoms with van der Waals surface area (Å²) in [6.07, 6.45) is 5.44. The molecule has 3 amide bonds. The first-order chi connectivity index (χ1) is 18.9. The number of hydrogen-bond donors (Lipinski definition) is 1. The molecule has 1 aliphatic carbocycles. The van der Waals surface area contributed by atoms with E-state index in [-0.39, 0.29) is 43.4 Å². The third kappa shape index (κ3) is 4.96. The molecule has 0 spiro atoms. The van der Waals surface area contributed by atoms with Gasteiger partial charge in [-0.05, 0) is 62.7 Å². The highest BCUT2D eigenvalue weighted by molar-refractivity contribution is 6.26. The number of carbonyl (C=O) groups is 4. The molecule has 5 aliphatic rings. The lowest BCUT2D eigenvalue weighted by atomic mass is 9.80. The Hall–Kier alpha value is -2.53. The minimum atomic E-state index is -0.910. The van der Waals surface area contributed by atoms with Crippen molar-refractivity contribution >= 4 is 35.8 Å². The van der Waals surface area contributed by atoms with Crippen LogP contribution in [0.5, 0.6) is 0 Å². The van der Waals surface area contributed by atoms with Gasteiger partial charge in [-0.3, -0.25) is 24.1 Å². The van der Waals surface area contributed by atoms with Crippen molar-refractivity contribution in [2.24, 2.45) is 0 Å². The Kier molecular flexibility index (Phi) is 7.39. The van der Waals surface area contributed by atoms with E-state index in [1.165, 1.54) is 0 Å². The average molecular weight is 559 g/mol. The molecule has 1 saturated carbocycles. The number of imide groups is 1. The molecule has 0 radical (unpaired) electrons. The number of halogens is 1. The van der Waals surface area contributed by atoms with Gasteiger partial charge in [-0.15, -0.1) is 16.7 Å². The molecule has 1 aromatic carbocycles. The minimum Gasteiger partial charge on any atom is -0.375 e. The summed E-state index contributed by atoms with van der Waals surface area (Å²) in [7, 11) is 0. The Labute approximate surface area is 232 Å². The highest BCUT2D eigenvalue weighted by Crippen LogP contribution is 2.51. The van der Waals surface area contributed by atoms with Crippen molar-refractivity contribution in [1.29, 1.82) is 0 Å². The van der Waals surface area contributed by atoms with E-state index in [2.05, 4.69) is 5.32 Å². The number of amides is 3. The number of hydroxylamine groups is 2. The van der Waals surface area contributed by atoms with E-state index in [0.717, 1.165) is 49.9 Å². The van der Waals surface area contributed by atoms with Gasteiger partial charge in [0.05, 0.1) is 29.2 Å². The van der Waals surface area contributed by atoms with Crippen molar-refractivity contribution in [1.82, 2.24) is 20.2 Å². The van der Waals surface area contributed by atoms with Crippen LogP contribution in [0.2, 0.25) is 0 Å². The molecular weight excluding hydrogens is 524 g/mol. The standard InChI is InChI=1S/C28H35ClN4O6/c29-28(9-12-31(25(36)15-28)19-13-21(14-19)39-20-7-10-30-11-8-20)26-22-4-2-1-3-18(22)16-32(26)23-5-6-24(35)33(27(23)37)38-17-34/h1-4,17,19-21,23,26,30H,5-16H2. The molecule has 1 aromatic rings. The Morgan fingerprint density at radius 2 is 1.79 bits per heavy atom. The van der Waals surface area contributed by atoms with Gasteiger partial charge in [-0.2, -0.15) is 0 Å². The topological polar surface area (TPSA) is 108 Å². The lowest BCUT2D eigenvalue weighted by molar-refractivity contribution is -0.201. The number of fused-ring (bicyclic) bond motifs is 1. The van der Waals surface area contributed by atoms with Crippen molar-refractivity contribution in [2.45, 2.75) is 93.1 Å². The fourth-order valence-electron chi connectivity index (χ4n) is 7.08. The number of nitrogens with one attached hydrogen (secondary N) is 1. The fraction of sp³-hybridized carbons (Fsp3) is 0.643. The average Bonchev–Trinajstić information content (AvgIpc) is 3.30. The Balaban J connectivity index is 1.16. The summed E-state index contributed by atoms with van der Waals surface area (Å²) in [4.78, 5) is 57.8. The molecule has 0 aromatic heterocycles. The molecule has 210 valence electrons. The van der Waals surface area contributed by atoms with Crippen LogP contribution in [-0.2, 0) is 35.3 Å². The number of piperidine rings is 3. The van der Waals surface area contributed by atoms with E-state index < -0.39 is 22.7 Å². The quantitative estimate of drug-likeness (QED) is 0.308. The molecule has 4 heterocycles. The van der Waals surface area contributed by atoms with E-state index in [9.17, 15) is 19.2 Å². The molecular formula is C28H35ClN4O6. The number of alkyl halides is 1. The van der Waals surface area contributed by atoms with Crippen molar-refractivity contribution in [3.8, 4) is 0 Å². The number of nitrogens with zero attached hydrogens (tertiary/aromatic N) is 3. The number of carbonyl (C=O) groups excluding carboxylic acids is 4. The van der Waals surface area contributed by atoms with Crippen LogP contribution in [-0.4, -0.2) is 87.9 Å². The zero-order valence-electron chi connectivity index (χ0n) is 21.9. The normalized spacial score (nSPS) is 34.1. The van der Waals surface area contributed by atoms with Gasteiger partial charge < -0.3 is 19.8 Å². The molecule has 4 fully saturated rings. The zero-order chi connectivity index (χ0) is 27.1. The summed E-state index contributed by atoms with van der Waals surface area (Å²) in [5, 5.41) is 3.92. The second-order valence-electron chi connectivity index (χ2n) is 11.4. The maximum absolute atomic E-state index is 13.5. The first-order valence-electron chi connectivity index (χ1n) is 14.0. The number of hydrogen-bond acceptors (Lipinski definition) is 8. The Morgan fingerprint density at radius 1 is 1.03 bits per heavy atom. The fourth-order valence-corrected chi connectivity index (χ4v) is 7.52. The second-order valence-corrected chi connectivity index (χ2v) is 12.2. The van der Waals surface area contributed by atoms with Gasteiger partial charge in [-0.1, -0.05) is 24.3 Å². The first kappa shape index (κ1) is 26.7. The van der Waals surface area contributed by atoms with Crippen LogP contribution in [0.1, 0.15) is 68.5 Å². The lowest BCUT2D eigenvalue weighted by Gasteiger charge is -2.50. The summed E-state index contributed by atoms with van der Waals surface area (Å²) < 4.78 is 6.27. The molecule has 11 heteroatoms. The van der Waals surface area contributed by atoms with E-state index in [1.54, 1.807) is 0 Å². The molecule has 10 nitrogen and oxygen atoms in total. The van der Waals surface area contributed by atoms with Crippen LogP contribution >= 0.6 is 11.6 Å². The van der Waals surface area contributed by atoms with E-state index in [1.807, 2.05) is 34.1 Å². The van der Waals surface area contributed by atoms with Crippen LogP contribution in [0, 0.1) is 0 Å². The highest BCUT2D eigenvalue weighted by Gasteiger charge is 2.54. The van der Waals surface area contributed by atoms with Gasteiger partial charge in [-0.25, -0.2) is 0 Å². The van der Waals surface area contributed by atoms with Gasteiger partial charge in [0.15, 0.2) is 0 Å². The number of rotatable bonds is 7. The van der Waals surface area contributed by atoms with Gasteiger partial charge in [0.1, 0.15) is 0 Å². The third-order valence-corrected chi connectivity index (χ3v) is 9.66. The maximum atomic E-state index is 13.5. The highest BCUT2D eigenvalue weighted by atomic mass is 35.5. The van der Waals surface area contributed by atoms with Crippen LogP contribution in [0.15, 0.2) is 24.3 Å². The van der Waals surface area contributed by atoms with Crippen molar-refractivity contribution in [3.63, 3.8) is 0 Å². The number of likely N-dealkylation sites (tertiary alicyclic amines) is 1. The van der Waals surface area contributed by atoms with Crippen LogP contribution in [0.25, 0.3) is 0 Å². The van der Waals surface area contributed by atoms with E-state index >= 15 is 0 Å². The summed E-state index contributed by atoms with van der Waals surface area (Å²) in [6.45, 7) is 3.10. The van der Waals surface area contributed by atoms with Gasteiger partial charge in [0.2, 0.25) is 5.91 Å². The second kappa shape index (κ2) is 10.8. The monoisotopic (exact) mass is 558 g/mol. The number of ether oxygens (including phenoxy) is 1. The Morgan fingerprint density at radius 3 is 2.54 bits per heavy atom. The van der Waals surface area contributed by atoms with Crippen molar-refractivity contribution < 1.29 is 28.8 Å². The largest absolute Gasteiger partial charge is 0.375 e. The third-order valence-electron chi connectivity index (χ3n) is 9.13. The van der Waals surface area contributed by atoms with Gasteiger partial charge >= 0.3 is 6.47 Å². The molecule has 6 rings (SSSR count). The minimum absolute atomic E-state index is 0.0296.